The van der Waals surface area contributed by atoms with Crippen LogP contribution in [0.3, 0.4) is 0 Å². The molecule has 0 fully saturated rings. The lowest BCUT2D eigenvalue weighted by Gasteiger charge is -2.04. The van der Waals surface area contributed by atoms with Crippen LogP contribution >= 0.6 is 0 Å². The number of methoxy groups -OCH3 is 1. The molecule has 0 radical (unpaired) electrons. The van der Waals surface area contributed by atoms with E-state index in [1.54, 1.807) is 12.1 Å². The molecule has 13 heavy (non-hydrogen) atoms. The molecule has 0 amide bonds. The molecule has 0 saturated heterocycles. The highest BCUT2D eigenvalue weighted by Gasteiger charge is 2.15. The van der Waals surface area contributed by atoms with Crippen molar-refractivity contribution in [2.24, 2.45) is 0 Å². The average Bonchev–Trinajstić information content (AvgIpc) is 2.16. The Kier molecular flexibility index (Phi) is 2.50. The lowest BCUT2D eigenvalue weighted by atomic mass is 10.1. The second kappa shape index (κ2) is 3.59. The van der Waals surface area contributed by atoms with Crippen molar-refractivity contribution < 1.29 is 14.6 Å². The quantitative estimate of drug-likeness (QED) is 0.738. The van der Waals surface area contributed by atoms with Crippen LogP contribution in [-0.4, -0.2) is 18.2 Å². The average molecular weight is 177 g/mol. The number of carbonyl (C=O) groups is 1. The molecule has 1 rings (SSSR count). The van der Waals surface area contributed by atoms with Gasteiger partial charge in [0.2, 0.25) is 0 Å². The molecule has 0 unspecified atom stereocenters. The first-order valence-corrected chi connectivity index (χ1v) is 3.51. The minimum Gasteiger partial charge on any atom is -0.496 e. The molecule has 0 spiro atoms. The summed E-state index contributed by atoms with van der Waals surface area (Å²) >= 11 is 0. The van der Waals surface area contributed by atoms with Gasteiger partial charge in [-0.2, -0.15) is 5.26 Å². The maximum Gasteiger partial charge on any atom is 0.340 e. The van der Waals surface area contributed by atoms with Crippen molar-refractivity contribution in [2.75, 3.05) is 7.11 Å². The number of ether oxygens (including phenoxy) is 1. The Labute approximate surface area is 75.0 Å². The molecule has 0 aromatic heterocycles. The summed E-state index contributed by atoms with van der Waals surface area (Å²) in [6, 6.07) is 6.30. The summed E-state index contributed by atoms with van der Waals surface area (Å²) in [5.74, 6) is -0.958. The van der Waals surface area contributed by atoms with Crippen LogP contribution in [0.15, 0.2) is 18.2 Å². The highest BCUT2D eigenvalue weighted by atomic mass is 16.5. The molecule has 0 heterocycles. The van der Waals surface area contributed by atoms with Gasteiger partial charge in [-0.05, 0) is 12.1 Å². The monoisotopic (exact) mass is 177 g/mol. The number of aromatic carboxylic acids is 1. The summed E-state index contributed by atoms with van der Waals surface area (Å²) in [5.41, 5.74) is 0.0133. The zero-order valence-electron chi connectivity index (χ0n) is 6.94. The van der Waals surface area contributed by atoms with Crippen molar-refractivity contribution in [3.05, 3.63) is 29.3 Å². The van der Waals surface area contributed by atoms with Gasteiger partial charge in [0.15, 0.2) is 0 Å². The van der Waals surface area contributed by atoms with E-state index in [2.05, 4.69) is 0 Å². The molecule has 0 aliphatic rings. The first-order chi connectivity index (χ1) is 6.20. The first kappa shape index (κ1) is 9.07. The van der Waals surface area contributed by atoms with Gasteiger partial charge < -0.3 is 9.84 Å². The summed E-state index contributed by atoms with van der Waals surface area (Å²) in [7, 11) is 1.36. The summed E-state index contributed by atoms with van der Waals surface area (Å²) in [6.45, 7) is 0. The van der Waals surface area contributed by atoms with Gasteiger partial charge in [-0.25, -0.2) is 4.79 Å². The van der Waals surface area contributed by atoms with E-state index in [9.17, 15) is 4.79 Å². The molecule has 1 aromatic rings. The molecule has 4 nitrogen and oxygen atoms in total. The molecular weight excluding hydrogens is 170 g/mol. The third-order valence-electron chi connectivity index (χ3n) is 1.58. The third-order valence-corrected chi connectivity index (χ3v) is 1.58. The Hall–Kier alpha value is -2.02. The fourth-order valence-electron chi connectivity index (χ4n) is 1.01. The first-order valence-electron chi connectivity index (χ1n) is 3.51. The molecule has 0 aliphatic heterocycles. The number of carboxylic acid groups (broad SMARTS) is 1. The SMILES string of the molecule is COc1cccc(C#N)c1C(=O)O. The highest BCUT2D eigenvalue weighted by Crippen LogP contribution is 2.21. The maximum absolute atomic E-state index is 10.7. The van der Waals surface area contributed by atoms with Gasteiger partial charge in [0.1, 0.15) is 17.4 Å². The van der Waals surface area contributed by atoms with Gasteiger partial charge in [0.25, 0.3) is 0 Å². The normalized spacial score (nSPS) is 8.92. The van der Waals surface area contributed by atoms with Crippen LogP contribution in [0.2, 0.25) is 0 Å². The van der Waals surface area contributed by atoms with Crippen LogP contribution in [0, 0.1) is 11.3 Å². The van der Waals surface area contributed by atoms with E-state index in [0.29, 0.717) is 0 Å². The van der Waals surface area contributed by atoms with Gasteiger partial charge in [0, 0.05) is 0 Å². The van der Waals surface area contributed by atoms with E-state index in [-0.39, 0.29) is 16.9 Å². The van der Waals surface area contributed by atoms with Crippen LogP contribution in [0.4, 0.5) is 0 Å². The topological polar surface area (TPSA) is 70.3 Å². The molecule has 0 bridgehead atoms. The standard InChI is InChI=1S/C9H7NO3/c1-13-7-4-2-3-6(5-10)8(7)9(11)12/h2-4H,1H3,(H,11,12). The molecular formula is C9H7NO3. The number of hydrogen-bond acceptors (Lipinski definition) is 3. The number of nitriles is 1. The van der Waals surface area contributed by atoms with Crippen molar-refractivity contribution >= 4 is 5.97 Å². The van der Waals surface area contributed by atoms with Gasteiger partial charge in [-0.3, -0.25) is 0 Å². The molecule has 0 saturated carbocycles. The Bertz CT molecular complexity index is 379. The second-order valence-corrected chi connectivity index (χ2v) is 2.30. The lowest BCUT2D eigenvalue weighted by molar-refractivity contribution is 0.0693. The predicted molar refractivity (Wildman–Crippen MR) is 44.7 cm³/mol. The molecule has 1 N–H and O–H groups in total. The van der Waals surface area contributed by atoms with Crippen LogP contribution in [0.25, 0.3) is 0 Å². The van der Waals surface area contributed by atoms with E-state index < -0.39 is 5.97 Å². The van der Waals surface area contributed by atoms with Crippen molar-refractivity contribution in [3.63, 3.8) is 0 Å². The van der Waals surface area contributed by atoms with Crippen LogP contribution in [0.1, 0.15) is 15.9 Å². The zero-order chi connectivity index (χ0) is 9.84. The Morgan fingerprint density at radius 2 is 2.31 bits per heavy atom. The molecule has 66 valence electrons. The number of rotatable bonds is 2. The second-order valence-electron chi connectivity index (χ2n) is 2.30. The largest absolute Gasteiger partial charge is 0.496 e. The predicted octanol–water partition coefficient (Wildman–Crippen LogP) is 1.27. The van der Waals surface area contributed by atoms with Crippen LogP contribution in [0.5, 0.6) is 5.75 Å². The Balaban J connectivity index is 3.41. The van der Waals surface area contributed by atoms with Gasteiger partial charge in [-0.15, -0.1) is 0 Å². The zero-order valence-corrected chi connectivity index (χ0v) is 6.94. The number of benzene rings is 1. The van der Waals surface area contributed by atoms with Gasteiger partial charge >= 0.3 is 5.97 Å². The minimum absolute atomic E-state index is 0.0903. The van der Waals surface area contributed by atoms with E-state index >= 15 is 0 Å². The smallest absolute Gasteiger partial charge is 0.340 e. The van der Waals surface area contributed by atoms with Crippen LogP contribution in [-0.2, 0) is 0 Å². The third kappa shape index (κ3) is 1.59. The fourth-order valence-corrected chi connectivity index (χ4v) is 1.01. The van der Waals surface area contributed by atoms with E-state index in [4.69, 9.17) is 15.1 Å². The highest BCUT2D eigenvalue weighted by molar-refractivity contribution is 5.93. The number of hydrogen-bond donors (Lipinski definition) is 1. The fraction of sp³-hybridized carbons (Fsp3) is 0.111. The van der Waals surface area contributed by atoms with Crippen molar-refractivity contribution in [2.45, 2.75) is 0 Å². The van der Waals surface area contributed by atoms with E-state index in [1.165, 1.54) is 19.2 Å². The van der Waals surface area contributed by atoms with Crippen LogP contribution < -0.4 is 4.74 Å². The van der Waals surface area contributed by atoms with E-state index in [0.717, 1.165) is 0 Å². The Morgan fingerprint density at radius 1 is 1.62 bits per heavy atom. The summed E-state index contributed by atoms with van der Waals surface area (Å²) in [4.78, 5) is 10.7. The molecule has 0 atom stereocenters. The molecule has 4 heteroatoms. The summed E-state index contributed by atoms with van der Waals surface area (Å²) in [6.07, 6.45) is 0. The number of carboxylic acids is 1. The molecule has 1 aromatic carbocycles. The summed E-state index contributed by atoms with van der Waals surface area (Å²) in [5, 5.41) is 17.4. The van der Waals surface area contributed by atoms with Gasteiger partial charge in [0.05, 0.1) is 12.7 Å². The Morgan fingerprint density at radius 3 is 2.77 bits per heavy atom. The van der Waals surface area contributed by atoms with Crippen molar-refractivity contribution in [3.8, 4) is 11.8 Å². The molecule has 0 aliphatic carbocycles. The van der Waals surface area contributed by atoms with E-state index in [1.807, 2.05) is 0 Å². The van der Waals surface area contributed by atoms with Gasteiger partial charge in [-0.1, -0.05) is 6.07 Å². The number of nitrogens with zero attached hydrogens (tertiary/aromatic N) is 1. The maximum atomic E-state index is 10.7. The summed E-state index contributed by atoms with van der Waals surface area (Å²) < 4.78 is 4.82. The van der Waals surface area contributed by atoms with Crippen molar-refractivity contribution in [1.82, 2.24) is 0 Å². The lowest BCUT2D eigenvalue weighted by Crippen LogP contribution is -2.03. The minimum atomic E-state index is -1.16. The van der Waals surface area contributed by atoms with Crippen molar-refractivity contribution in [1.29, 1.82) is 5.26 Å².